The molecule has 4 nitrogen and oxygen atoms in total. The maximum Gasteiger partial charge on any atom is 0.233 e. The highest BCUT2D eigenvalue weighted by molar-refractivity contribution is 9.10. The van der Waals surface area contributed by atoms with Crippen molar-refractivity contribution in [2.45, 2.75) is 13.5 Å². The summed E-state index contributed by atoms with van der Waals surface area (Å²) >= 11 is 9.11. The molecule has 84 valence electrons. The zero-order valence-corrected chi connectivity index (χ0v) is 10.9. The first-order valence-electron chi connectivity index (χ1n) is 4.70. The molecular weight excluding hydrogens is 293 g/mol. The Morgan fingerprint density at radius 2 is 2.31 bits per heavy atom. The van der Waals surface area contributed by atoms with Crippen LogP contribution in [-0.4, -0.2) is 14.8 Å². The molecule has 0 amide bonds. The van der Waals surface area contributed by atoms with Crippen LogP contribution in [0.25, 0.3) is 0 Å². The highest BCUT2D eigenvalue weighted by Gasteiger charge is 2.06. The Labute approximate surface area is 106 Å². The third-order valence-electron chi connectivity index (χ3n) is 1.92. The molecule has 2 aromatic rings. The van der Waals surface area contributed by atoms with Gasteiger partial charge in [0, 0.05) is 12.7 Å². The van der Waals surface area contributed by atoms with Crippen molar-refractivity contribution < 1.29 is 4.74 Å². The van der Waals surface area contributed by atoms with E-state index >= 15 is 0 Å². The van der Waals surface area contributed by atoms with Gasteiger partial charge in [-0.05, 0) is 28.9 Å². The van der Waals surface area contributed by atoms with E-state index in [1.165, 1.54) is 6.20 Å². The van der Waals surface area contributed by atoms with Gasteiger partial charge in [0.2, 0.25) is 5.88 Å². The van der Waals surface area contributed by atoms with Crippen molar-refractivity contribution in [3.8, 4) is 11.6 Å². The van der Waals surface area contributed by atoms with Crippen LogP contribution in [0.1, 0.15) is 6.92 Å². The molecule has 0 unspecified atom stereocenters. The summed E-state index contributed by atoms with van der Waals surface area (Å²) in [6.45, 7) is 2.81. The predicted octanol–water partition coefficient (Wildman–Crippen LogP) is 3.51. The van der Waals surface area contributed by atoms with E-state index in [9.17, 15) is 0 Å². The topological polar surface area (TPSA) is 39.9 Å². The molecule has 2 rings (SSSR count). The first-order chi connectivity index (χ1) is 7.69. The number of ether oxygens (including phenoxy) is 1. The molecule has 2 aromatic heterocycles. The van der Waals surface area contributed by atoms with E-state index in [4.69, 9.17) is 16.3 Å². The van der Waals surface area contributed by atoms with E-state index in [1.54, 1.807) is 16.9 Å². The summed E-state index contributed by atoms with van der Waals surface area (Å²) in [6.07, 6.45) is 4.99. The summed E-state index contributed by atoms with van der Waals surface area (Å²) in [5.41, 5.74) is 0. The number of halogens is 2. The first-order valence-corrected chi connectivity index (χ1v) is 5.87. The van der Waals surface area contributed by atoms with Gasteiger partial charge in [0.05, 0.1) is 21.9 Å². The molecule has 16 heavy (non-hydrogen) atoms. The Morgan fingerprint density at radius 3 is 2.94 bits per heavy atom. The van der Waals surface area contributed by atoms with Crippen LogP contribution in [0.15, 0.2) is 29.1 Å². The van der Waals surface area contributed by atoms with E-state index in [0.717, 1.165) is 6.54 Å². The SMILES string of the molecule is CCn1cc(Oc2ncc(Cl)cc2Br)cn1. The average Bonchev–Trinajstić information content (AvgIpc) is 2.70. The van der Waals surface area contributed by atoms with E-state index in [1.807, 2.05) is 13.1 Å². The van der Waals surface area contributed by atoms with Crippen LogP contribution in [-0.2, 0) is 6.54 Å². The summed E-state index contributed by atoms with van der Waals surface area (Å²) in [7, 11) is 0. The maximum absolute atomic E-state index is 5.78. The molecule has 0 spiro atoms. The van der Waals surface area contributed by atoms with Gasteiger partial charge >= 0.3 is 0 Å². The van der Waals surface area contributed by atoms with E-state index in [-0.39, 0.29) is 0 Å². The molecule has 6 heteroatoms. The predicted molar refractivity (Wildman–Crippen MR) is 64.9 cm³/mol. The van der Waals surface area contributed by atoms with Gasteiger partial charge in [0.15, 0.2) is 5.75 Å². The van der Waals surface area contributed by atoms with Crippen molar-refractivity contribution in [3.63, 3.8) is 0 Å². The number of rotatable bonds is 3. The molecule has 0 fully saturated rings. The normalized spacial score (nSPS) is 10.4. The molecule has 0 aliphatic carbocycles. The van der Waals surface area contributed by atoms with E-state index < -0.39 is 0 Å². The zero-order valence-electron chi connectivity index (χ0n) is 8.52. The molecule has 2 heterocycles. The molecule has 0 aliphatic rings. The molecule has 0 radical (unpaired) electrons. The van der Waals surface area contributed by atoms with Crippen molar-refractivity contribution in [2.75, 3.05) is 0 Å². The molecule has 0 N–H and O–H groups in total. The maximum atomic E-state index is 5.78. The Hall–Kier alpha value is -1.07. The minimum absolute atomic E-state index is 0.472. The summed E-state index contributed by atoms with van der Waals surface area (Å²) in [4.78, 5) is 4.07. The Bertz CT molecular complexity index is 501. The number of nitrogens with zero attached hydrogens (tertiary/aromatic N) is 3. The Morgan fingerprint density at radius 1 is 1.50 bits per heavy atom. The fourth-order valence-electron chi connectivity index (χ4n) is 1.16. The fraction of sp³-hybridized carbons (Fsp3) is 0.200. The molecule has 0 aromatic carbocycles. The number of aromatic nitrogens is 3. The third kappa shape index (κ3) is 2.54. The van der Waals surface area contributed by atoms with Gasteiger partial charge in [-0.3, -0.25) is 4.68 Å². The number of pyridine rings is 1. The van der Waals surface area contributed by atoms with Crippen molar-refractivity contribution in [2.24, 2.45) is 0 Å². The molecule has 0 atom stereocenters. The highest BCUT2D eigenvalue weighted by Crippen LogP contribution is 2.28. The standard InChI is InChI=1S/C10H9BrClN3O/c1-2-15-6-8(5-14-15)16-10-9(11)3-7(12)4-13-10/h3-6H,2H2,1H3. The van der Waals surface area contributed by atoms with Gasteiger partial charge < -0.3 is 4.74 Å². The van der Waals surface area contributed by atoms with Crippen molar-refractivity contribution in [1.29, 1.82) is 0 Å². The third-order valence-corrected chi connectivity index (χ3v) is 2.70. The minimum Gasteiger partial charge on any atom is -0.435 e. The van der Waals surface area contributed by atoms with Crippen LogP contribution in [0.3, 0.4) is 0 Å². The molecule has 0 aliphatic heterocycles. The monoisotopic (exact) mass is 301 g/mol. The smallest absolute Gasteiger partial charge is 0.233 e. The molecule has 0 saturated heterocycles. The summed E-state index contributed by atoms with van der Waals surface area (Å²) in [5.74, 6) is 1.12. The van der Waals surface area contributed by atoms with Gasteiger partial charge in [-0.25, -0.2) is 4.98 Å². The summed E-state index contributed by atoms with van der Waals surface area (Å²) in [6, 6.07) is 1.73. The Kier molecular flexibility index (Phi) is 3.46. The van der Waals surface area contributed by atoms with E-state index in [2.05, 4.69) is 26.0 Å². The minimum atomic E-state index is 0.472. The van der Waals surface area contributed by atoms with Crippen LogP contribution >= 0.6 is 27.5 Å². The van der Waals surface area contributed by atoms with E-state index in [0.29, 0.717) is 21.1 Å². The molecule has 0 saturated carbocycles. The second kappa shape index (κ2) is 4.84. The second-order valence-corrected chi connectivity index (χ2v) is 4.37. The van der Waals surface area contributed by atoms with Gasteiger partial charge in [0.25, 0.3) is 0 Å². The van der Waals surface area contributed by atoms with Crippen LogP contribution < -0.4 is 4.74 Å². The Balaban J connectivity index is 2.20. The zero-order chi connectivity index (χ0) is 11.5. The van der Waals surface area contributed by atoms with Crippen LogP contribution in [0.2, 0.25) is 5.02 Å². The molecule has 0 bridgehead atoms. The van der Waals surface area contributed by atoms with Gasteiger partial charge in [-0.2, -0.15) is 5.10 Å². The summed E-state index contributed by atoms with van der Waals surface area (Å²) < 4.78 is 8.04. The quantitative estimate of drug-likeness (QED) is 0.871. The van der Waals surface area contributed by atoms with Crippen molar-refractivity contribution in [1.82, 2.24) is 14.8 Å². The highest BCUT2D eigenvalue weighted by atomic mass is 79.9. The largest absolute Gasteiger partial charge is 0.435 e. The lowest BCUT2D eigenvalue weighted by molar-refractivity contribution is 0.458. The number of hydrogen-bond donors (Lipinski definition) is 0. The average molecular weight is 303 g/mol. The lowest BCUT2D eigenvalue weighted by Crippen LogP contribution is -1.92. The number of hydrogen-bond acceptors (Lipinski definition) is 3. The lowest BCUT2D eigenvalue weighted by atomic mass is 10.5. The fourth-order valence-corrected chi connectivity index (χ4v) is 1.88. The van der Waals surface area contributed by atoms with Crippen LogP contribution in [0, 0.1) is 0 Å². The second-order valence-electron chi connectivity index (χ2n) is 3.07. The summed E-state index contributed by atoms with van der Waals surface area (Å²) in [5, 5.41) is 4.66. The number of aryl methyl sites for hydroxylation is 1. The van der Waals surface area contributed by atoms with Gasteiger partial charge in [-0.1, -0.05) is 11.6 Å². The van der Waals surface area contributed by atoms with Gasteiger partial charge in [-0.15, -0.1) is 0 Å². The molecular formula is C10H9BrClN3O. The van der Waals surface area contributed by atoms with Gasteiger partial charge in [0.1, 0.15) is 0 Å². The van der Waals surface area contributed by atoms with Crippen LogP contribution in [0.4, 0.5) is 0 Å². The first kappa shape index (κ1) is 11.4. The van der Waals surface area contributed by atoms with Crippen molar-refractivity contribution >= 4 is 27.5 Å². The lowest BCUT2D eigenvalue weighted by Gasteiger charge is -2.03. The van der Waals surface area contributed by atoms with Crippen LogP contribution in [0.5, 0.6) is 11.6 Å². The van der Waals surface area contributed by atoms with Crippen molar-refractivity contribution in [3.05, 3.63) is 34.2 Å².